The number of fused-ring (bicyclic) bond motifs is 1. The number of imidazole rings is 1. The molecule has 0 unspecified atom stereocenters. The first-order valence-electron chi connectivity index (χ1n) is 8.74. The van der Waals surface area contributed by atoms with Crippen molar-refractivity contribution in [3.05, 3.63) is 29.1 Å². The summed E-state index contributed by atoms with van der Waals surface area (Å²) in [5.74, 6) is -4.33. The number of nitrogens with zero attached hydrogens (tertiary/aromatic N) is 2. The van der Waals surface area contributed by atoms with Gasteiger partial charge in [0, 0.05) is 32.9 Å². The highest BCUT2D eigenvalue weighted by Gasteiger charge is 2.51. The van der Waals surface area contributed by atoms with E-state index < -0.39 is 54.1 Å². The van der Waals surface area contributed by atoms with Gasteiger partial charge >= 0.3 is 17.9 Å². The molecule has 1 aromatic heterocycles. The van der Waals surface area contributed by atoms with Crippen molar-refractivity contribution in [3.8, 4) is 0 Å². The summed E-state index contributed by atoms with van der Waals surface area (Å²) in [5, 5.41) is -0.216. The van der Waals surface area contributed by atoms with Crippen molar-refractivity contribution in [1.29, 1.82) is 0 Å². The van der Waals surface area contributed by atoms with Crippen LogP contribution in [-0.2, 0) is 33.3 Å². The average Bonchev–Trinajstić information content (AvgIpc) is 3.10. The summed E-state index contributed by atoms with van der Waals surface area (Å²) >= 11 is 6.18. The molecule has 0 N–H and O–H groups in total. The minimum atomic E-state index is -1.24. The van der Waals surface area contributed by atoms with Gasteiger partial charge in [-0.3, -0.25) is 19.0 Å². The van der Waals surface area contributed by atoms with Gasteiger partial charge < -0.3 is 18.9 Å². The van der Waals surface area contributed by atoms with Crippen molar-refractivity contribution in [2.45, 2.75) is 45.3 Å². The number of ether oxygens (including phenoxy) is 4. The smallest absolute Gasteiger partial charge is 0.303 e. The second-order valence-electron chi connectivity index (χ2n) is 6.52. The summed E-state index contributed by atoms with van der Waals surface area (Å²) in [6, 6.07) is 1.71. The highest BCUT2D eigenvalue weighted by atomic mass is 35.5. The molecule has 0 aliphatic carbocycles. The first-order valence-corrected chi connectivity index (χ1v) is 9.12. The van der Waals surface area contributed by atoms with Gasteiger partial charge in [0.15, 0.2) is 30.1 Å². The van der Waals surface area contributed by atoms with Crippen LogP contribution in [0.15, 0.2) is 12.1 Å². The molecule has 0 saturated carbocycles. The third kappa shape index (κ3) is 4.36. The van der Waals surface area contributed by atoms with Gasteiger partial charge in [0.1, 0.15) is 12.7 Å². The summed E-state index contributed by atoms with van der Waals surface area (Å²) in [5.41, 5.74) is 0.0762. The number of halogens is 3. The summed E-state index contributed by atoms with van der Waals surface area (Å²) in [6.07, 6.45) is -4.68. The molecule has 1 aliphatic rings. The maximum atomic E-state index is 13.9. The van der Waals surface area contributed by atoms with E-state index in [1.807, 2.05) is 0 Å². The fraction of sp³-hybridized carbons (Fsp3) is 0.444. The molecule has 1 aliphatic heterocycles. The number of aromatic nitrogens is 2. The third-order valence-electron chi connectivity index (χ3n) is 4.28. The van der Waals surface area contributed by atoms with Gasteiger partial charge in [-0.2, -0.15) is 0 Å². The monoisotopic (exact) mass is 446 g/mol. The zero-order valence-electron chi connectivity index (χ0n) is 16.1. The van der Waals surface area contributed by atoms with Crippen LogP contribution in [0.2, 0.25) is 5.28 Å². The van der Waals surface area contributed by atoms with Crippen LogP contribution in [0.25, 0.3) is 11.0 Å². The lowest BCUT2D eigenvalue weighted by atomic mass is 10.1. The highest BCUT2D eigenvalue weighted by molar-refractivity contribution is 6.29. The molecule has 30 heavy (non-hydrogen) atoms. The van der Waals surface area contributed by atoms with E-state index in [1.165, 1.54) is 11.5 Å². The molecule has 2 aromatic rings. The molecular weight excluding hydrogens is 430 g/mol. The number of benzene rings is 1. The molecule has 1 aromatic carbocycles. The fourth-order valence-corrected chi connectivity index (χ4v) is 3.48. The van der Waals surface area contributed by atoms with E-state index >= 15 is 0 Å². The molecule has 3 rings (SSSR count). The largest absolute Gasteiger partial charge is 0.463 e. The van der Waals surface area contributed by atoms with Crippen molar-refractivity contribution in [2.75, 3.05) is 6.61 Å². The number of carbonyl (C=O) groups excluding carboxylic acids is 3. The lowest BCUT2D eigenvalue weighted by Gasteiger charge is -2.24. The van der Waals surface area contributed by atoms with E-state index in [9.17, 15) is 23.2 Å². The van der Waals surface area contributed by atoms with Crippen molar-refractivity contribution >= 4 is 40.5 Å². The summed E-state index contributed by atoms with van der Waals surface area (Å²) in [6.45, 7) is 3.12. The van der Waals surface area contributed by atoms with Gasteiger partial charge in [-0.25, -0.2) is 13.8 Å². The summed E-state index contributed by atoms with van der Waals surface area (Å²) in [7, 11) is 0. The fourth-order valence-electron chi connectivity index (χ4n) is 3.20. The minimum absolute atomic E-state index is 0.0246. The number of carbonyl (C=O) groups is 3. The number of hydrogen-bond acceptors (Lipinski definition) is 8. The van der Waals surface area contributed by atoms with Crippen molar-refractivity contribution < 1.29 is 42.1 Å². The second-order valence-corrected chi connectivity index (χ2v) is 6.86. The first-order chi connectivity index (χ1) is 14.1. The average molecular weight is 447 g/mol. The quantitative estimate of drug-likeness (QED) is 0.509. The maximum Gasteiger partial charge on any atom is 0.303 e. The molecule has 4 atom stereocenters. The minimum Gasteiger partial charge on any atom is -0.463 e. The summed E-state index contributed by atoms with van der Waals surface area (Å²) < 4.78 is 49.9. The van der Waals surface area contributed by atoms with Crippen molar-refractivity contribution in [1.82, 2.24) is 9.55 Å². The van der Waals surface area contributed by atoms with Crippen LogP contribution < -0.4 is 0 Å². The Labute approximate surface area is 173 Å². The Morgan fingerprint density at radius 2 is 1.67 bits per heavy atom. The van der Waals surface area contributed by atoms with Crippen LogP contribution in [0.4, 0.5) is 8.78 Å². The molecule has 162 valence electrons. The van der Waals surface area contributed by atoms with E-state index in [1.54, 1.807) is 0 Å². The predicted molar refractivity (Wildman–Crippen MR) is 96.3 cm³/mol. The molecular formula is C18H17ClF2N2O7. The zero-order valence-corrected chi connectivity index (χ0v) is 16.8. The van der Waals surface area contributed by atoms with Crippen LogP contribution in [0.3, 0.4) is 0 Å². The van der Waals surface area contributed by atoms with Gasteiger partial charge in [-0.1, -0.05) is 0 Å². The zero-order chi connectivity index (χ0) is 22.2. The molecule has 2 heterocycles. The standard InChI is InChI=1S/C18H17ClF2N2O7/c1-7(24)27-6-14-15(28-8(2)25)16(29-9(3)26)17(30-14)23-13-5-11(21)10(20)4-12(13)22-18(23)19/h4-5,14-17H,6H2,1-3H3/t14-,15-,16-,17-/m1/s1. The Kier molecular flexibility index (Phi) is 6.22. The molecule has 0 amide bonds. The SMILES string of the molecule is CC(=O)OC[C@H]1O[C@@H](n2c(Cl)nc3cc(F)c(F)cc32)[C@H](OC(C)=O)[C@@H]1OC(C)=O. The number of hydrogen-bond donors (Lipinski definition) is 0. The summed E-state index contributed by atoms with van der Waals surface area (Å²) in [4.78, 5) is 38.5. The van der Waals surface area contributed by atoms with Crippen LogP contribution in [0.5, 0.6) is 0 Å². The molecule has 1 fully saturated rings. The second kappa shape index (κ2) is 8.52. The van der Waals surface area contributed by atoms with Crippen molar-refractivity contribution in [2.24, 2.45) is 0 Å². The van der Waals surface area contributed by atoms with Crippen LogP contribution in [0, 0.1) is 11.6 Å². The van der Waals surface area contributed by atoms with Crippen LogP contribution in [0.1, 0.15) is 27.0 Å². The lowest BCUT2D eigenvalue weighted by molar-refractivity contribution is -0.166. The molecule has 0 radical (unpaired) electrons. The lowest BCUT2D eigenvalue weighted by Crippen LogP contribution is -2.40. The number of esters is 3. The highest BCUT2D eigenvalue weighted by Crippen LogP contribution is 2.38. The topological polar surface area (TPSA) is 106 Å². The Bertz CT molecular complexity index is 1010. The van der Waals surface area contributed by atoms with Crippen LogP contribution in [-0.4, -0.2) is 52.4 Å². The van der Waals surface area contributed by atoms with Gasteiger partial charge in [0.25, 0.3) is 0 Å². The first kappa shape index (κ1) is 21.9. The predicted octanol–water partition coefficient (Wildman–Crippen LogP) is 2.29. The maximum absolute atomic E-state index is 13.9. The Balaban J connectivity index is 2.09. The van der Waals surface area contributed by atoms with E-state index in [4.69, 9.17) is 30.5 Å². The molecule has 12 heteroatoms. The van der Waals surface area contributed by atoms with E-state index in [2.05, 4.69) is 4.98 Å². The van der Waals surface area contributed by atoms with E-state index in [-0.39, 0.29) is 22.9 Å². The van der Waals surface area contributed by atoms with Gasteiger partial charge in [0.2, 0.25) is 5.28 Å². The van der Waals surface area contributed by atoms with Crippen LogP contribution >= 0.6 is 11.6 Å². The molecule has 0 bridgehead atoms. The number of rotatable bonds is 5. The third-order valence-corrected chi connectivity index (χ3v) is 4.55. The van der Waals surface area contributed by atoms with Crippen molar-refractivity contribution in [3.63, 3.8) is 0 Å². The Hall–Kier alpha value is -2.79. The Morgan fingerprint density at radius 3 is 2.27 bits per heavy atom. The van der Waals surface area contributed by atoms with Gasteiger partial charge in [0.05, 0.1) is 11.0 Å². The van der Waals surface area contributed by atoms with Gasteiger partial charge in [-0.05, 0) is 11.6 Å². The molecule has 9 nitrogen and oxygen atoms in total. The van der Waals surface area contributed by atoms with E-state index in [0.29, 0.717) is 0 Å². The van der Waals surface area contributed by atoms with Gasteiger partial charge in [-0.15, -0.1) is 0 Å². The Morgan fingerprint density at radius 1 is 1.07 bits per heavy atom. The molecule has 0 spiro atoms. The molecule has 1 saturated heterocycles. The van der Waals surface area contributed by atoms with E-state index in [0.717, 1.165) is 26.0 Å². The normalized spacial score (nSPS) is 23.4.